The summed E-state index contributed by atoms with van der Waals surface area (Å²) in [5.41, 5.74) is 5.90. The lowest BCUT2D eigenvalue weighted by atomic mass is 9.87. The first-order valence-corrected chi connectivity index (χ1v) is 33.4. The van der Waals surface area contributed by atoms with E-state index in [-0.39, 0.29) is 0 Å². The van der Waals surface area contributed by atoms with Crippen molar-refractivity contribution in [2.75, 3.05) is 0 Å². The Labute approximate surface area is 468 Å². The van der Waals surface area contributed by atoms with Gasteiger partial charge in [-0.3, -0.25) is 9.97 Å². The molecule has 9 rings (SSSR count). The molecule has 2 unspecified atom stereocenters. The fraction of sp³-hybridized carbons (Fsp3) is 0.556. The molecule has 2 atom stereocenters. The predicted molar refractivity (Wildman–Crippen MR) is 341 cm³/mol. The van der Waals surface area contributed by atoms with Crippen LogP contribution >= 0.6 is 22.7 Å². The van der Waals surface area contributed by atoms with Gasteiger partial charge >= 0.3 is 0 Å². The van der Waals surface area contributed by atoms with E-state index in [0.29, 0.717) is 11.8 Å². The van der Waals surface area contributed by atoms with Crippen LogP contribution in [0.5, 0.6) is 0 Å². The lowest BCUT2D eigenvalue weighted by Gasteiger charge is -2.18. The quantitative estimate of drug-likeness (QED) is 0.0285. The van der Waals surface area contributed by atoms with Crippen LogP contribution in [0, 0.1) is 11.8 Å². The van der Waals surface area contributed by atoms with Gasteiger partial charge in [-0.2, -0.15) is 0 Å². The molecule has 0 N–H and O–H groups in total. The van der Waals surface area contributed by atoms with Gasteiger partial charge in [-0.1, -0.05) is 270 Å². The minimum absolute atomic E-state index is 0.699. The lowest BCUT2D eigenvalue weighted by Crippen LogP contribution is -2.06. The van der Waals surface area contributed by atoms with E-state index < -0.39 is 0 Å². The summed E-state index contributed by atoms with van der Waals surface area (Å²) in [6, 6.07) is 24.0. The molecule has 4 aromatic heterocycles. The Morgan fingerprint density at radius 2 is 0.592 bits per heavy atom. The summed E-state index contributed by atoms with van der Waals surface area (Å²) >= 11 is 4.19. The van der Waals surface area contributed by atoms with Gasteiger partial charge < -0.3 is 0 Å². The van der Waals surface area contributed by atoms with Crippen LogP contribution in [0.1, 0.15) is 244 Å². The first-order chi connectivity index (χ1) is 37.7. The Morgan fingerprint density at radius 1 is 0.316 bits per heavy atom. The average molecular weight is 1050 g/mol. The molecule has 0 spiro atoms. The molecule has 4 heteroatoms. The van der Waals surface area contributed by atoms with Crippen molar-refractivity contribution in [3.63, 3.8) is 0 Å². The molecule has 0 aliphatic carbocycles. The molecule has 4 heterocycles. The third-order valence-corrected chi connectivity index (χ3v) is 20.5. The van der Waals surface area contributed by atoms with E-state index >= 15 is 0 Å². The highest BCUT2D eigenvalue weighted by molar-refractivity contribution is 7.24. The van der Waals surface area contributed by atoms with Crippen molar-refractivity contribution in [2.45, 2.75) is 246 Å². The summed E-state index contributed by atoms with van der Waals surface area (Å²) in [4.78, 5) is 12.1. The Hall–Kier alpha value is -4.12. The molecule has 406 valence electrons. The van der Waals surface area contributed by atoms with Crippen LogP contribution in [-0.4, -0.2) is 9.97 Å². The van der Waals surface area contributed by atoms with Gasteiger partial charge in [0.15, 0.2) is 0 Å². The third kappa shape index (κ3) is 13.6. The number of hydrogen-bond acceptors (Lipinski definition) is 4. The van der Waals surface area contributed by atoms with Crippen molar-refractivity contribution in [1.29, 1.82) is 0 Å². The fourth-order valence-electron chi connectivity index (χ4n) is 13.8. The van der Waals surface area contributed by atoms with Crippen molar-refractivity contribution in [2.24, 2.45) is 11.8 Å². The average Bonchev–Trinajstić information content (AvgIpc) is 4.34. The van der Waals surface area contributed by atoms with E-state index in [9.17, 15) is 0 Å². The minimum Gasteiger partial charge on any atom is -0.265 e. The number of thiophene rings is 2. The number of nitrogens with zero attached hydrogens (tertiary/aromatic N) is 2. The van der Waals surface area contributed by atoms with Crippen molar-refractivity contribution in [3.8, 4) is 20.9 Å². The molecule has 0 radical (unpaired) electrons. The maximum atomic E-state index is 4.54. The molecule has 0 aliphatic rings. The maximum absolute atomic E-state index is 4.54. The van der Waals surface area contributed by atoms with Crippen molar-refractivity contribution in [3.05, 3.63) is 96.6 Å². The second-order valence-electron chi connectivity index (χ2n) is 23.7. The van der Waals surface area contributed by atoms with Crippen LogP contribution in [0.2, 0.25) is 0 Å². The zero-order valence-electron chi connectivity index (χ0n) is 48.0. The summed E-state index contributed by atoms with van der Waals surface area (Å²) in [5, 5.41) is 15.0. The van der Waals surface area contributed by atoms with E-state index in [1.807, 2.05) is 24.8 Å². The summed E-state index contributed by atoms with van der Waals surface area (Å²) in [6.07, 6.45) is 54.4. The van der Waals surface area contributed by atoms with E-state index in [1.165, 1.54) is 292 Å². The van der Waals surface area contributed by atoms with E-state index in [0.717, 1.165) is 0 Å². The SMILES string of the molecule is CCCCCCCCCCC(CCCCCCCC)Cc1c(-c2ccncc2)sc2c1c1cccc3c1c2c1cccc2c4c(CC(CCCCCCCC)CCCCCCCCCC)c(-c5ccncc5)sc4c3c21. The molecule has 76 heavy (non-hydrogen) atoms. The van der Waals surface area contributed by atoms with E-state index in [2.05, 4.69) is 121 Å². The van der Waals surface area contributed by atoms with Gasteiger partial charge in [-0.05, 0) is 104 Å². The minimum atomic E-state index is 0.699. The molecular formula is C72H96N2S2. The van der Waals surface area contributed by atoms with Gasteiger partial charge in [-0.15, -0.1) is 22.7 Å². The third-order valence-electron chi connectivity index (χ3n) is 17.9. The van der Waals surface area contributed by atoms with Gasteiger partial charge in [0.25, 0.3) is 0 Å². The highest BCUT2D eigenvalue weighted by atomic mass is 32.1. The monoisotopic (exact) mass is 1050 g/mol. The summed E-state index contributed by atoms with van der Waals surface area (Å²) in [6.45, 7) is 9.35. The highest BCUT2D eigenvalue weighted by Crippen LogP contribution is 2.57. The largest absolute Gasteiger partial charge is 0.265 e. The summed E-state index contributed by atoms with van der Waals surface area (Å²) in [5.74, 6) is 1.40. The van der Waals surface area contributed by atoms with Crippen molar-refractivity contribution in [1.82, 2.24) is 9.97 Å². The van der Waals surface area contributed by atoms with Gasteiger partial charge in [0.05, 0.1) is 0 Å². The predicted octanol–water partition coefficient (Wildman–Crippen LogP) is 24.6. The van der Waals surface area contributed by atoms with E-state index in [1.54, 1.807) is 21.9 Å². The number of pyridine rings is 2. The number of benzene rings is 3. The summed E-state index contributed by atoms with van der Waals surface area (Å²) in [7, 11) is 0. The van der Waals surface area contributed by atoms with Gasteiger partial charge in [0.2, 0.25) is 0 Å². The van der Waals surface area contributed by atoms with Gasteiger partial charge in [0, 0.05) is 65.5 Å². The molecule has 0 fully saturated rings. The normalized spacial score (nSPS) is 13.1. The first kappa shape index (κ1) is 56.6. The Morgan fingerprint density at radius 3 is 0.895 bits per heavy atom. The first-order valence-electron chi connectivity index (χ1n) is 31.8. The van der Waals surface area contributed by atoms with Crippen molar-refractivity contribution >= 4 is 85.9 Å². The summed E-state index contributed by atoms with van der Waals surface area (Å²) < 4.78 is 3.03. The molecule has 0 saturated heterocycles. The Bertz CT molecular complexity index is 2860. The smallest absolute Gasteiger partial charge is 0.0443 e. The van der Waals surface area contributed by atoms with Crippen LogP contribution in [0.25, 0.3) is 84.1 Å². The number of unbranched alkanes of at least 4 members (excludes halogenated alkanes) is 24. The topological polar surface area (TPSA) is 25.8 Å². The number of aromatic nitrogens is 2. The maximum Gasteiger partial charge on any atom is 0.0443 e. The van der Waals surface area contributed by atoms with Crippen LogP contribution < -0.4 is 0 Å². The molecule has 0 saturated carbocycles. The molecular weight excluding hydrogens is 957 g/mol. The van der Waals surface area contributed by atoms with Crippen molar-refractivity contribution < 1.29 is 0 Å². The zero-order chi connectivity index (χ0) is 52.3. The molecule has 9 aromatic rings. The van der Waals surface area contributed by atoms with Crippen LogP contribution in [0.3, 0.4) is 0 Å². The lowest BCUT2D eigenvalue weighted by molar-refractivity contribution is 0.401. The molecule has 0 aliphatic heterocycles. The molecule has 5 aromatic carbocycles. The molecule has 0 amide bonds. The van der Waals surface area contributed by atoms with Crippen LogP contribution in [0.15, 0.2) is 85.5 Å². The van der Waals surface area contributed by atoms with Gasteiger partial charge in [-0.25, -0.2) is 0 Å². The standard InChI is InChI=1S/C72H96N2S2/c1-5-9-13-17-21-23-27-31-37-53(35-29-25-19-15-11-7-3)51-61-65-57-39-33-41-59-63(57)67(71(65)75-69(61)55-43-47-73-48-44-55)60-42-34-40-58-64(60)68(59)72-66(58)62(70(76-72)56-45-49-74-50-46-56)52-54(36-30-26-20-16-12-8-4)38-32-28-24-22-18-14-10-6-2/h33-34,39-50,53-54H,5-32,35-38,51-52H2,1-4H3. The fourth-order valence-corrected chi connectivity index (χ4v) is 16.6. The number of fused-ring (bicyclic) bond motifs is 8. The molecule has 0 bridgehead atoms. The molecule has 2 nitrogen and oxygen atoms in total. The highest BCUT2D eigenvalue weighted by Gasteiger charge is 2.30. The van der Waals surface area contributed by atoms with Crippen LogP contribution in [0.4, 0.5) is 0 Å². The van der Waals surface area contributed by atoms with Gasteiger partial charge in [0.1, 0.15) is 0 Å². The zero-order valence-corrected chi connectivity index (χ0v) is 49.6. The second-order valence-corrected chi connectivity index (χ2v) is 25.7. The Kier molecular flexibility index (Phi) is 22.1. The Balaban J connectivity index is 1.13. The number of rotatable bonds is 38. The number of hydrogen-bond donors (Lipinski definition) is 0. The van der Waals surface area contributed by atoms with Crippen LogP contribution in [-0.2, 0) is 12.8 Å². The van der Waals surface area contributed by atoms with E-state index in [4.69, 9.17) is 0 Å². The second kappa shape index (κ2) is 29.7.